The summed E-state index contributed by atoms with van der Waals surface area (Å²) in [6.07, 6.45) is 0.474. The van der Waals surface area contributed by atoms with Crippen LogP contribution in [0.3, 0.4) is 0 Å². The molecule has 1 saturated heterocycles. The number of rotatable bonds is 8. The zero-order chi connectivity index (χ0) is 22.4. The Kier molecular flexibility index (Phi) is 7.29. The van der Waals surface area contributed by atoms with Gasteiger partial charge in [-0.1, -0.05) is 24.3 Å². The number of carbonyl (C=O) groups is 2. The van der Waals surface area contributed by atoms with E-state index in [1.54, 1.807) is 18.2 Å². The normalized spacial score (nSPS) is 14.9. The topological polar surface area (TPSA) is 113 Å². The molecular weight excluding hydrogens is 416 g/mol. The van der Waals surface area contributed by atoms with Crippen molar-refractivity contribution in [2.45, 2.75) is 13.3 Å². The summed E-state index contributed by atoms with van der Waals surface area (Å²) in [6, 6.07) is 14.9. The minimum absolute atomic E-state index is 0.276. The zero-order valence-electron chi connectivity index (χ0n) is 17.6. The fraction of sp³-hybridized carbons (Fsp3) is 0.364. The van der Waals surface area contributed by atoms with Crippen molar-refractivity contribution in [3.63, 3.8) is 0 Å². The van der Waals surface area contributed by atoms with Gasteiger partial charge in [0.05, 0.1) is 0 Å². The van der Waals surface area contributed by atoms with Gasteiger partial charge >= 0.3 is 0 Å². The van der Waals surface area contributed by atoms with Crippen LogP contribution in [0, 0.1) is 6.92 Å². The molecule has 3 rings (SSSR count). The standard InChI is InChI=1S/C22H28N4O4S/c1-17-4-2-7-20(14-17)25-10-12-26(13-11-25)31(29,30)16-21(27)24-9-8-18-5-3-6-19(15-18)22(23)28/h2-7,14-15H,8-13,16H2,1H3,(H2,23,28)(H,24,27). The molecule has 2 aromatic rings. The van der Waals surface area contributed by atoms with E-state index in [0.29, 0.717) is 38.2 Å². The summed E-state index contributed by atoms with van der Waals surface area (Å²) in [5.41, 5.74) is 8.74. The maximum Gasteiger partial charge on any atom is 0.248 e. The van der Waals surface area contributed by atoms with Crippen molar-refractivity contribution in [3.05, 3.63) is 65.2 Å². The lowest BCUT2D eigenvalue weighted by atomic mass is 10.1. The van der Waals surface area contributed by atoms with Gasteiger partial charge in [-0.2, -0.15) is 4.31 Å². The highest BCUT2D eigenvalue weighted by molar-refractivity contribution is 7.89. The summed E-state index contributed by atoms with van der Waals surface area (Å²) in [5, 5.41) is 2.64. The molecule has 31 heavy (non-hydrogen) atoms. The van der Waals surface area contributed by atoms with Crippen LogP contribution in [-0.2, 0) is 21.2 Å². The second kappa shape index (κ2) is 9.93. The third-order valence-electron chi connectivity index (χ3n) is 5.26. The van der Waals surface area contributed by atoms with Gasteiger partial charge in [0.15, 0.2) is 0 Å². The van der Waals surface area contributed by atoms with Crippen molar-refractivity contribution in [2.24, 2.45) is 5.73 Å². The molecule has 166 valence electrons. The second-order valence-electron chi connectivity index (χ2n) is 7.65. The van der Waals surface area contributed by atoms with Gasteiger partial charge < -0.3 is 16.0 Å². The van der Waals surface area contributed by atoms with E-state index in [1.807, 2.05) is 31.2 Å². The SMILES string of the molecule is Cc1cccc(N2CCN(S(=O)(=O)CC(=O)NCCc3cccc(C(N)=O)c3)CC2)c1. The average Bonchev–Trinajstić information content (AvgIpc) is 2.74. The number of primary amides is 1. The van der Waals surface area contributed by atoms with Gasteiger partial charge in [-0.3, -0.25) is 9.59 Å². The number of aryl methyl sites for hydroxylation is 1. The molecule has 3 N–H and O–H groups in total. The van der Waals surface area contributed by atoms with Crippen LogP contribution in [0.4, 0.5) is 5.69 Å². The van der Waals surface area contributed by atoms with Gasteiger partial charge in [0.25, 0.3) is 0 Å². The van der Waals surface area contributed by atoms with E-state index in [4.69, 9.17) is 5.73 Å². The average molecular weight is 445 g/mol. The number of nitrogens with zero attached hydrogens (tertiary/aromatic N) is 2. The Morgan fingerprint density at radius 1 is 1.03 bits per heavy atom. The first-order valence-corrected chi connectivity index (χ1v) is 11.8. The second-order valence-corrected chi connectivity index (χ2v) is 9.61. The molecule has 1 aliphatic heterocycles. The summed E-state index contributed by atoms with van der Waals surface area (Å²) in [4.78, 5) is 25.6. The molecule has 8 nitrogen and oxygen atoms in total. The molecule has 0 spiro atoms. The minimum Gasteiger partial charge on any atom is -0.369 e. The number of nitrogens with two attached hydrogens (primary N) is 1. The fourth-order valence-electron chi connectivity index (χ4n) is 3.58. The predicted molar refractivity (Wildman–Crippen MR) is 120 cm³/mol. The molecule has 9 heteroatoms. The predicted octanol–water partition coefficient (Wildman–Crippen LogP) is 0.905. The highest BCUT2D eigenvalue weighted by Gasteiger charge is 2.29. The smallest absolute Gasteiger partial charge is 0.248 e. The quantitative estimate of drug-likeness (QED) is 0.628. The summed E-state index contributed by atoms with van der Waals surface area (Å²) < 4.78 is 26.7. The van der Waals surface area contributed by atoms with E-state index in [9.17, 15) is 18.0 Å². The molecule has 0 unspecified atom stereocenters. The van der Waals surface area contributed by atoms with E-state index in [0.717, 1.165) is 16.8 Å². The number of anilines is 1. The largest absolute Gasteiger partial charge is 0.369 e. The number of sulfonamides is 1. The highest BCUT2D eigenvalue weighted by Crippen LogP contribution is 2.19. The maximum atomic E-state index is 12.6. The van der Waals surface area contributed by atoms with Crippen LogP contribution in [0.25, 0.3) is 0 Å². The third-order valence-corrected chi connectivity index (χ3v) is 7.04. The van der Waals surface area contributed by atoms with Crippen LogP contribution in [0.1, 0.15) is 21.5 Å². The third kappa shape index (κ3) is 6.28. The number of carbonyl (C=O) groups excluding carboxylic acids is 2. The lowest BCUT2D eigenvalue weighted by molar-refractivity contribution is -0.118. The Bertz CT molecular complexity index is 1050. The van der Waals surface area contributed by atoms with Crippen LogP contribution in [0.5, 0.6) is 0 Å². The van der Waals surface area contributed by atoms with Crippen molar-refractivity contribution in [1.29, 1.82) is 0 Å². The number of amides is 2. The van der Waals surface area contributed by atoms with Crippen LogP contribution < -0.4 is 16.0 Å². The lowest BCUT2D eigenvalue weighted by Crippen LogP contribution is -2.50. The first-order valence-electron chi connectivity index (χ1n) is 10.2. The molecule has 2 amide bonds. The number of hydrogen-bond donors (Lipinski definition) is 2. The van der Waals surface area contributed by atoms with Gasteiger partial charge in [0.1, 0.15) is 5.75 Å². The Labute approximate surface area is 183 Å². The number of piperazine rings is 1. The van der Waals surface area contributed by atoms with Gasteiger partial charge in [0.2, 0.25) is 21.8 Å². The monoisotopic (exact) mass is 444 g/mol. The van der Waals surface area contributed by atoms with Crippen LogP contribution in [-0.4, -0.2) is 63.0 Å². The summed E-state index contributed by atoms with van der Waals surface area (Å²) >= 11 is 0. The van der Waals surface area contributed by atoms with Crippen LogP contribution in [0.15, 0.2) is 48.5 Å². The van der Waals surface area contributed by atoms with Gasteiger partial charge in [-0.25, -0.2) is 8.42 Å². The van der Waals surface area contributed by atoms with Gasteiger partial charge in [-0.15, -0.1) is 0 Å². The van der Waals surface area contributed by atoms with E-state index >= 15 is 0 Å². The number of benzene rings is 2. The van der Waals surface area contributed by atoms with Crippen molar-refractivity contribution < 1.29 is 18.0 Å². The Morgan fingerprint density at radius 3 is 2.42 bits per heavy atom. The molecular formula is C22H28N4O4S. The fourth-order valence-corrected chi connectivity index (χ4v) is 4.92. The van der Waals surface area contributed by atoms with E-state index < -0.39 is 27.6 Å². The zero-order valence-corrected chi connectivity index (χ0v) is 18.4. The number of hydrogen-bond acceptors (Lipinski definition) is 5. The van der Waals surface area contributed by atoms with Crippen molar-refractivity contribution in [3.8, 4) is 0 Å². The van der Waals surface area contributed by atoms with E-state index in [-0.39, 0.29) is 6.54 Å². The molecule has 1 heterocycles. The summed E-state index contributed by atoms with van der Waals surface area (Å²) in [5.74, 6) is -1.62. The first-order chi connectivity index (χ1) is 14.7. The molecule has 0 saturated carbocycles. The van der Waals surface area contributed by atoms with E-state index in [1.165, 1.54) is 4.31 Å². The van der Waals surface area contributed by atoms with Crippen molar-refractivity contribution >= 4 is 27.5 Å². The minimum atomic E-state index is -3.68. The first kappa shape index (κ1) is 22.8. The number of nitrogens with one attached hydrogen (secondary N) is 1. The Balaban J connectivity index is 1.46. The van der Waals surface area contributed by atoms with E-state index in [2.05, 4.69) is 16.3 Å². The molecule has 2 aromatic carbocycles. The maximum absolute atomic E-state index is 12.6. The van der Waals surface area contributed by atoms with Gasteiger partial charge in [-0.05, 0) is 48.7 Å². The molecule has 0 aliphatic carbocycles. The molecule has 0 aromatic heterocycles. The Morgan fingerprint density at radius 2 is 1.74 bits per heavy atom. The molecule has 0 radical (unpaired) electrons. The van der Waals surface area contributed by atoms with Crippen molar-refractivity contribution in [1.82, 2.24) is 9.62 Å². The summed E-state index contributed by atoms with van der Waals surface area (Å²) in [7, 11) is -3.68. The van der Waals surface area contributed by atoms with Crippen molar-refractivity contribution in [2.75, 3.05) is 43.4 Å². The molecule has 0 atom stereocenters. The highest BCUT2D eigenvalue weighted by atomic mass is 32.2. The lowest BCUT2D eigenvalue weighted by Gasteiger charge is -2.35. The van der Waals surface area contributed by atoms with Gasteiger partial charge in [0, 0.05) is 44.0 Å². The Hall–Kier alpha value is -2.91. The summed E-state index contributed by atoms with van der Waals surface area (Å²) in [6.45, 7) is 4.17. The van der Waals surface area contributed by atoms with Crippen LogP contribution >= 0.6 is 0 Å². The van der Waals surface area contributed by atoms with Crippen LogP contribution in [0.2, 0.25) is 0 Å². The molecule has 0 bridgehead atoms. The molecule has 1 fully saturated rings. The molecule has 1 aliphatic rings.